The summed E-state index contributed by atoms with van der Waals surface area (Å²) < 4.78 is 1.54. The van der Waals surface area contributed by atoms with Gasteiger partial charge in [0, 0.05) is 19.7 Å². The van der Waals surface area contributed by atoms with Gasteiger partial charge < -0.3 is 10.2 Å². The molecule has 5 heteroatoms. The summed E-state index contributed by atoms with van der Waals surface area (Å²) in [5, 5.41) is 7.05. The zero-order valence-corrected chi connectivity index (χ0v) is 10.4. The highest BCUT2D eigenvalue weighted by molar-refractivity contribution is 5.37. The second-order valence-electron chi connectivity index (χ2n) is 4.46. The third-order valence-electron chi connectivity index (χ3n) is 3.20. The summed E-state index contributed by atoms with van der Waals surface area (Å²) in [6.07, 6.45) is 5.31. The van der Waals surface area contributed by atoms with Crippen LogP contribution in [0.5, 0.6) is 0 Å². The van der Waals surface area contributed by atoms with E-state index >= 15 is 0 Å². The topological polar surface area (TPSA) is 50.2 Å². The molecule has 0 spiro atoms. The van der Waals surface area contributed by atoms with Gasteiger partial charge in [-0.1, -0.05) is 0 Å². The van der Waals surface area contributed by atoms with Crippen LogP contribution in [-0.2, 0) is 6.54 Å². The normalized spacial score (nSPS) is 16.3. The number of hydrogen-bond acceptors (Lipinski definition) is 4. The molecule has 2 heterocycles. The number of hydrogen-bond donors (Lipinski definition) is 1. The molecule has 0 aromatic carbocycles. The molecule has 0 aliphatic carbocycles. The van der Waals surface area contributed by atoms with Gasteiger partial charge in [-0.05, 0) is 38.9 Å². The number of nitrogens with one attached hydrogen (secondary N) is 1. The van der Waals surface area contributed by atoms with E-state index in [0.29, 0.717) is 6.54 Å². The lowest BCUT2D eigenvalue weighted by Crippen LogP contribution is -2.26. The molecule has 1 N–H and O–H groups in total. The molecule has 1 fully saturated rings. The zero-order chi connectivity index (χ0) is 12.1. The van der Waals surface area contributed by atoms with E-state index in [1.54, 1.807) is 19.3 Å². The van der Waals surface area contributed by atoms with Crippen LogP contribution in [0.4, 0.5) is 5.69 Å². The first-order valence-corrected chi connectivity index (χ1v) is 6.27. The van der Waals surface area contributed by atoms with Crippen LogP contribution in [-0.4, -0.2) is 41.4 Å². The summed E-state index contributed by atoms with van der Waals surface area (Å²) in [5.74, 6) is 0. The number of aryl methyl sites for hydroxylation is 1. The maximum Gasteiger partial charge on any atom is 0.268 e. The molecular formula is C12H20N4O. The Morgan fingerprint density at radius 1 is 1.35 bits per heavy atom. The van der Waals surface area contributed by atoms with Gasteiger partial charge in [0.25, 0.3) is 5.56 Å². The summed E-state index contributed by atoms with van der Waals surface area (Å²) >= 11 is 0. The number of rotatable bonds is 5. The van der Waals surface area contributed by atoms with E-state index in [9.17, 15) is 4.79 Å². The Morgan fingerprint density at radius 3 is 2.76 bits per heavy atom. The molecule has 0 amide bonds. The monoisotopic (exact) mass is 236 g/mol. The Labute approximate surface area is 101 Å². The highest BCUT2D eigenvalue weighted by atomic mass is 16.1. The average Bonchev–Trinajstić information content (AvgIpc) is 2.84. The maximum atomic E-state index is 11.7. The lowest BCUT2D eigenvalue weighted by atomic mass is 10.4. The minimum Gasteiger partial charge on any atom is -0.387 e. The van der Waals surface area contributed by atoms with Gasteiger partial charge in [-0.15, -0.1) is 0 Å². The Balaban J connectivity index is 1.84. The number of likely N-dealkylation sites (tertiary alicyclic amines) is 1. The van der Waals surface area contributed by atoms with Crippen molar-refractivity contribution < 1.29 is 0 Å². The molecule has 17 heavy (non-hydrogen) atoms. The van der Waals surface area contributed by atoms with E-state index in [1.807, 2.05) is 0 Å². The van der Waals surface area contributed by atoms with Gasteiger partial charge in [0.15, 0.2) is 0 Å². The highest BCUT2D eigenvalue weighted by Crippen LogP contribution is 2.07. The fourth-order valence-electron chi connectivity index (χ4n) is 2.19. The van der Waals surface area contributed by atoms with Gasteiger partial charge in [0.05, 0.1) is 11.9 Å². The van der Waals surface area contributed by atoms with Crippen LogP contribution in [0.15, 0.2) is 17.1 Å². The third kappa shape index (κ3) is 3.30. The lowest BCUT2D eigenvalue weighted by molar-refractivity contribution is 0.320. The minimum atomic E-state index is -0.0294. The molecule has 1 aliphatic rings. The predicted molar refractivity (Wildman–Crippen MR) is 68.3 cm³/mol. The second-order valence-corrected chi connectivity index (χ2v) is 4.46. The molecule has 0 saturated carbocycles. The van der Waals surface area contributed by atoms with Crippen molar-refractivity contribution in [2.45, 2.75) is 25.8 Å². The summed E-state index contributed by atoms with van der Waals surface area (Å²) in [6.45, 7) is 4.20. The highest BCUT2D eigenvalue weighted by Gasteiger charge is 2.10. The molecule has 1 aliphatic heterocycles. The van der Waals surface area contributed by atoms with E-state index in [0.717, 1.165) is 18.7 Å². The minimum absolute atomic E-state index is 0.0294. The average molecular weight is 236 g/mol. The fourth-order valence-corrected chi connectivity index (χ4v) is 2.19. The van der Waals surface area contributed by atoms with Gasteiger partial charge in [0.2, 0.25) is 0 Å². The summed E-state index contributed by atoms with van der Waals surface area (Å²) in [6, 6.07) is 1.59. The molecule has 0 unspecified atom stereocenters. The maximum absolute atomic E-state index is 11.7. The van der Waals surface area contributed by atoms with E-state index in [2.05, 4.69) is 15.3 Å². The van der Waals surface area contributed by atoms with Crippen molar-refractivity contribution in [1.29, 1.82) is 0 Å². The van der Waals surface area contributed by atoms with Gasteiger partial charge >= 0.3 is 0 Å². The van der Waals surface area contributed by atoms with E-state index in [4.69, 9.17) is 0 Å². The van der Waals surface area contributed by atoms with Gasteiger partial charge in [-0.2, -0.15) is 5.10 Å². The predicted octanol–water partition coefficient (Wildman–Crippen LogP) is 0.771. The first-order chi connectivity index (χ1) is 8.29. The van der Waals surface area contributed by atoms with Crippen LogP contribution in [0, 0.1) is 0 Å². The Hall–Kier alpha value is -1.36. The second kappa shape index (κ2) is 5.82. The smallest absolute Gasteiger partial charge is 0.268 e. The van der Waals surface area contributed by atoms with Crippen molar-refractivity contribution in [3.05, 3.63) is 22.6 Å². The lowest BCUT2D eigenvalue weighted by Gasteiger charge is -2.14. The van der Waals surface area contributed by atoms with Crippen LogP contribution >= 0.6 is 0 Å². The molecule has 0 radical (unpaired) electrons. The zero-order valence-electron chi connectivity index (χ0n) is 10.4. The largest absolute Gasteiger partial charge is 0.387 e. The van der Waals surface area contributed by atoms with Crippen molar-refractivity contribution in [2.24, 2.45) is 0 Å². The van der Waals surface area contributed by atoms with Crippen molar-refractivity contribution in [1.82, 2.24) is 14.7 Å². The van der Waals surface area contributed by atoms with Crippen molar-refractivity contribution >= 4 is 5.69 Å². The first-order valence-electron chi connectivity index (χ1n) is 6.27. The van der Waals surface area contributed by atoms with E-state index in [1.165, 1.54) is 30.6 Å². The summed E-state index contributed by atoms with van der Waals surface area (Å²) in [5.41, 5.74) is 0.740. The van der Waals surface area contributed by atoms with Crippen molar-refractivity contribution in [2.75, 3.05) is 32.0 Å². The molecule has 0 bridgehead atoms. The van der Waals surface area contributed by atoms with Crippen LogP contribution in [0.2, 0.25) is 0 Å². The van der Waals surface area contributed by atoms with Crippen molar-refractivity contribution in [3.63, 3.8) is 0 Å². The molecule has 5 nitrogen and oxygen atoms in total. The van der Waals surface area contributed by atoms with Gasteiger partial charge in [-0.25, -0.2) is 4.68 Å². The molecule has 1 aromatic rings. The third-order valence-corrected chi connectivity index (χ3v) is 3.20. The molecule has 1 saturated heterocycles. The van der Waals surface area contributed by atoms with Crippen LogP contribution in [0.25, 0.3) is 0 Å². The Bertz CT molecular complexity index is 409. The number of anilines is 1. The molecule has 0 atom stereocenters. The Morgan fingerprint density at radius 2 is 2.12 bits per heavy atom. The quantitative estimate of drug-likeness (QED) is 0.820. The van der Waals surface area contributed by atoms with E-state index in [-0.39, 0.29) is 5.56 Å². The summed E-state index contributed by atoms with van der Waals surface area (Å²) in [4.78, 5) is 14.1. The number of nitrogens with zero attached hydrogens (tertiary/aromatic N) is 3. The van der Waals surface area contributed by atoms with E-state index < -0.39 is 0 Å². The van der Waals surface area contributed by atoms with Crippen molar-refractivity contribution in [3.8, 4) is 0 Å². The summed E-state index contributed by atoms with van der Waals surface area (Å²) in [7, 11) is 1.79. The van der Waals surface area contributed by atoms with Crippen LogP contribution < -0.4 is 10.9 Å². The van der Waals surface area contributed by atoms with Crippen LogP contribution in [0.1, 0.15) is 19.3 Å². The number of aromatic nitrogens is 2. The SMILES string of the molecule is CNc1cnn(CCCN2CCCC2)c(=O)c1. The molecular weight excluding hydrogens is 216 g/mol. The first kappa shape index (κ1) is 12.1. The standard InChI is InChI=1S/C12H20N4O/c1-13-11-9-12(17)16(14-10-11)8-4-7-15-5-2-3-6-15/h9-10,13H,2-8H2,1H3. The molecule has 2 rings (SSSR count). The van der Waals surface area contributed by atoms with Gasteiger partial charge in [0.1, 0.15) is 0 Å². The van der Waals surface area contributed by atoms with Gasteiger partial charge in [-0.3, -0.25) is 4.79 Å². The van der Waals surface area contributed by atoms with Crippen LogP contribution in [0.3, 0.4) is 0 Å². The Kier molecular flexibility index (Phi) is 4.14. The molecule has 1 aromatic heterocycles. The molecule has 94 valence electrons. The fraction of sp³-hybridized carbons (Fsp3) is 0.667.